The molecule has 1 amide bonds. The molecule has 0 heterocycles. The molecule has 0 aromatic heterocycles. The lowest BCUT2D eigenvalue weighted by atomic mass is 10.4. The number of carbonyl (C=O) groups is 1. The second-order valence-corrected chi connectivity index (χ2v) is 6.12. The van der Waals surface area contributed by atoms with Crippen LogP contribution in [0.2, 0.25) is 0 Å². The third kappa shape index (κ3) is 4.50. The van der Waals surface area contributed by atoms with Crippen molar-refractivity contribution >= 4 is 38.7 Å². The lowest BCUT2D eigenvalue weighted by Crippen LogP contribution is -2.31. The van der Waals surface area contributed by atoms with E-state index in [9.17, 15) is 13.2 Å². The number of halogens is 1. The number of nitrogens with one attached hydrogen (secondary N) is 1. The van der Waals surface area contributed by atoms with Crippen molar-refractivity contribution < 1.29 is 17.9 Å². The van der Waals surface area contributed by atoms with Crippen molar-refractivity contribution in [3.63, 3.8) is 0 Å². The van der Waals surface area contributed by atoms with Crippen molar-refractivity contribution in [2.24, 2.45) is 0 Å². The Morgan fingerprint density at radius 1 is 1.35 bits per heavy atom. The molecular formula is C10H12INO4S. The first kappa shape index (κ1) is 14.2. The number of hydrogen-bond acceptors (Lipinski definition) is 4. The van der Waals surface area contributed by atoms with Gasteiger partial charge < -0.3 is 4.74 Å². The largest absolute Gasteiger partial charge is 0.449 e. The van der Waals surface area contributed by atoms with Crippen LogP contribution in [0.1, 0.15) is 13.3 Å². The van der Waals surface area contributed by atoms with Crippen LogP contribution in [0.3, 0.4) is 0 Å². The van der Waals surface area contributed by atoms with Gasteiger partial charge in [-0.2, -0.15) is 0 Å². The summed E-state index contributed by atoms with van der Waals surface area (Å²) in [5.74, 6) is 0. The maximum Gasteiger partial charge on any atom is 0.421 e. The molecule has 0 atom stereocenters. The summed E-state index contributed by atoms with van der Waals surface area (Å²) in [5, 5.41) is 0. The Morgan fingerprint density at radius 3 is 2.47 bits per heavy atom. The van der Waals surface area contributed by atoms with E-state index in [0.717, 1.165) is 3.57 Å². The van der Waals surface area contributed by atoms with Gasteiger partial charge in [0, 0.05) is 3.57 Å². The highest BCUT2D eigenvalue weighted by Crippen LogP contribution is 2.11. The van der Waals surface area contributed by atoms with Crippen LogP contribution < -0.4 is 4.72 Å². The zero-order valence-electron chi connectivity index (χ0n) is 9.14. The lowest BCUT2D eigenvalue weighted by molar-refractivity contribution is 0.152. The summed E-state index contributed by atoms with van der Waals surface area (Å²) < 4.78 is 30.8. The smallest absolute Gasteiger partial charge is 0.421 e. The molecule has 1 aromatic rings. The highest BCUT2D eigenvalue weighted by molar-refractivity contribution is 14.1. The summed E-state index contributed by atoms with van der Waals surface area (Å²) in [5.41, 5.74) is 0. The van der Waals surface area contributed by atoms with Gasteiger partial charge in [-0.3, -0.25) is 0 Å². The predicted octanol–water partition coefficient (Wildman–Crippen LogP) is 2.12. The Labute approximate surface area is 114 Å². The summed E-state index contributed by atoms with van der Waals surface area (Å²) in [6.07, 6.45) is -0.317. The molecule has 0 unspecified atom stereocenters. The molecule has 1 rings (SSSR count). The molecule has 0 fully saturated rings. The minimum absolute atomic E-state index is 0.0337. The van der Waals surface area contributed by atoms with E-state index in [1.165, 1.54) is 12.1 Å². The number of amides is 1. The van der Waals surface area contributed by atoms with Crippen LogP contribution in [0.15, 0.2) is 29.2 Å². The molecule has 0 aliphatic rings. The van der Waals surface area contributed by atoms with Crippen LogP contribution >= 0.6 is 22.6 Å². The molecule has 1 aromatic carbocycles. The molecule has 0 aliphatic carbocycles. The Hall–Kier alpha value is -0.830. The van der Waals surface area contributed by atoms with Gasteiger partial charge in [-0.15, -0.1) is 0 Å². The third-order valence-corrected chi connectivity index (χ3v) is 3.83. The average Bonchev–Trinajstić information content (AvgIpc) is 2.26. The van der Waals surface area contributed by atoms with Crippen LogP contribution in [-0.4, -0.2) is 21.1 Å². The van der Waals surface area contributed by atoms with Gasteiger partial charge in [0.05, 0.1) is 11.5 Å². The third-order valence-electron chi connectivity index (χ3n) is 1.78. The van der Waals surface area contributed by atoms with E-state index in [-0.39, 0.29) is 11.5 Å². The van der Waals surface area contributed by atoms with Gasteiger partial charge >= 0.3 is 6.09 Å². The molecule has 0 bridgehead atoms. The summed E-state index contributed by atoms with van der Waals surface area (Å²) in [6, 6.07) is 6.15. The molecule has 17 heavy (non-hydrogen) atoms. The SMILES string of the molecule is CCCOC(=O)NS(=O)(=O)c1ccc(I)cc1. The van der Waals surface area contributed by atoms with Crippen LogP contribution in [0.25, 0.3) is 0 Å². The van der Waals surface area contributed by atoms with Gasteiger partial charge in [0.15, 0.2) is 0 Å². The Bertz CT molecular complexity index is 484. The van der Waals surface area contributed by atoms with E-state index in [1.54, 1.807) is 12.1 Å². The second-order valence-electron chi connectivity index (χ2n) is 3.20. The number of ether oxygens (including phenoxy) is 1. The molecular weight excluding hydrogens is 357 g/mol. The van der Waals surface area contributed by atoms with Gasteiger partial charge in [-0.05, 0) is 53.3 Å². The number of sulfonamides is 1. The van der Waals surface area contributed by atoms with Crippen molar-refractivity contribution in [2.45, 2.75) is 18.2 Å². The molecule has 0 saturated carbocycles. The van der Waals surface area contributed by atoms with E-state index in [0.29, 0.717) is 6.42 Å². The molecule has 0 aliphatic heterocycles. The fourth-order valence-corrected chi connectivity index (χ4v) is 2.26. The normalized spacial score (nSPS) is 10.9. The maximum atomic E-state index is 11.7. The van der Waals surface area contributed by atoms with Crippen LogP contribution in [0, 0.1) is 3.57 Å². The van der Waals surface area contributed by atoms with Gasteiger partial charge in [0.25, 0.3) is 10.0 Å². The second kappa shape index (κ2) is 6.20. The Balaban J connectivity index is 2.75. The van der Waals surface area contributed by atoms with Gasteiger partial charge in [-0.25, -0.2) is 17.9 Å². The van der Waals surface area contributed by atoms with E-state index >= 15 is 0 Å². The minimum Gasteiger partial charge on any atom is -0.449 e. The van der Waals surface area contributed by atoms with Crippen LogP contribution in [0.4, 0.5) is 4.79 Å². The standard InChI is InChI=1S/C10H12INO4S/c1-2-7-16-10(13)12-17(14,15)9-5-3-8(11)4-6-9/h3-6H,2,7H2,1H3,(H,12,13). The van der Waals surface area contributed by atoms with E-state index in [4.69, 9.17) is 0 Å². The Morgan fingerprint density at radius 2 is 1.94 bits per heavy atom. The summed E-state index contributed by atoms with van der Waals surface area (Å²) in [6.45, 7) is 2.01. The molecule has 0 spiro atoms. The van der Waals surface area contributed by atoms with Crippen LogP contribution in [-0.2, 0) is 14.8 Å². The van der Waals surface area contributed by atoms with E-state index in [1.807, 2.05) is 11.6 Å². The van der Waals surface area contributed by atoms with Crippen molar-refractivity contribution in [1.82, 2.24) is 4.72 Å². The zero-order chi connectivity index (χ0) is 12.9. The van der Waals surface area contributed by atoms with E-state index < -0.39 is 16.1 Å². The highest BCUT2D eigenvalue weighted by Gasteiger charge is 2.17. The molecule has 5 nitrogen and oxygen atoms in total. The summed E-state index contributed by atoms with van der Waals surface area (Å²) in [4.78, 5) is 11.2. The minimum atomic E-state index is -3.83. The topological polar surface area (TPSA) is 72.5 Å². The van der Waals surface area contributed by atoms with E-state index in [2.05, 4.69) is 27.3 Å². The first-order valence-corrected chi connectivity index (χ1v) is 7.47. The van der Waals surface area contributed by atoms with Crippen molar-refractivity contribution in [3.8, 4) is 0 Å². The quantitative estimate of drug-likeness (QED) is 0.826. The summed E-state index contributed by atoms with van der Waals surface area (Å²) >= 11 is 2.06. The van der Waals surface area contributed by atoms with Crippen LogP contribution in [0.5, 0.6) is 0 Å². The number of rotatable bonds is 4. The first-order valence-electron chi connectivity index (χ1n) is 4.91. The molecule has 0 saturated heterocycles. The summed E-state index contributed by atoms with van der Waals surface area (Å²) in [7, 11) is -3.83. The number of carbonyl (C=O) groups excluding carboxylic acids is 1. The van der Waals surface area contributed by atoms with Crippen molar-refractivity contribution in [1.29, 1.82) is 0 Å². The van der Waals surface area contributed by atoms with Gasteiger partial charge in [-0.1, -0.05) is 6.92 Å². The zero-order valence-corrected chi connectivity index (χ0v) is 12.1. The number of hydrogen-bond donors (Lipinski definition) is 1. The molecule has 7 heteroatoms. The Kier molecular flexibility index (Phi) is 5.19. The monoisotopic (exact) mass is 369 g/mol. The molecule has 0 radical (unpaired) electrons. The fourth-order valence-electron chi connectivity index (χ4n) is 1.01. The van der Waals surface area contributed by atoms with Crippen molar-refractivity contribution in [2.75, 3.05) is 6.61 Å². The number of benzene rings is 1. The lowest BCUT2D eigenvalue weighted by Gasteiger charge is -2.07. The fraction of sp³-hybridized carbons (Fsp3) is 0.300. The van der Waals surface area contributed by atoms with Gasteiger partial charge in [0.2, 0.25) is 0 Å². The van der Waals surface area contributed by atoms with Crippen molar-refractivity contribution in [3.05, 3.63) is 27.8 Å². The average molecular weight is 369 g/mol. The first-order chi connectivity index (χ1) is 7.95. The van der Waals surface area contributed by atoms with Gasteiger partial charge in [0.1, 0.15) is 0 Å². The highest BCUT2D eigenvalue weighted by atomic mass is 127. The predicted molar refractivity (Wildman–Crippen MR) is 71.1 cm³/mol. The molecule has 1 N–H and O–H groups in total. The molecule has 94 valence electrons. The maximum absolute atomic E-state index is 11.7.